The van der Waals surface area contributed by atoms with E-state index in [-0.39, 0.29) is 38.8 Å². The van der Waals surface area contributed by atoms with Gasteiger partial charge in [0.1, 0.15) is 15.9 Å². The molecule has 1 amide bonds. The number of hydrogen-bond acceptors (Lipinski definition) is 8. The van der Waals surface area contributed by atoms with Crippen LogP contribution < -0.4 is 31.3 Å². The van der Waals surface area contributed by atoms with Crippen molar-refractivity contribution in [2.45, 2.75) is 18.7 Å². The summed E-state index contributed by atoms with van der Waals surface area (Å²) in [4.78, 5) is 17.1. The van der Waals surface area contributed by atoms with E-state index >= 15 is 0 Å². The van der Waals surface area contributed by atoms with E-state index in [1.54, 1.807) is 12.1 Å². The zero-order chi connectivity index (χ0) is 29.2. The highest BCUT2D eigenvalue weighted by molar-refractivity contribution is 7.85. The fraction of sp³-hybridized carbons (Fsp3) is 0.133. The molecule has 0 aliphatic carbocycles. The molecule has 1 aromatic heterocycles. The Balaban J connectivity index is 0.000000296. The Morgan fingerprint density at radius 1 is 0.951 bits per heavy atom. The van der Waals surface area contributed by atoms with Gasteiger partial charge in [0.05, 0.1) is 15.1 Å². The van der Waals surface area contributed by atoms with E-state index in [2.05, 4.69) is 28.5 Å². The quantitative estimate of drug-likeness (QED) is 0.109. The lowest BCUT2D eigenvalue weighted by atomic mass is 10.2. The number of ether oxygens (including phenoxy) is 2. The van der Waals surface area contributed by atoms with Crippen molar-refractivity contribution in [1.29, 1.82) is 0 Å². The summed E-state index contributed by atoms with van der Waals surface area (Å²) in [6.45, 7) is 4.56. The van der Waals surface area contributed by atoms with Gasteiger partial charge in [-0.25, -0.2) is 13.4 Å². The van der Waals surface area contributed by atoms with Crippen molar-refractivity contribution in [2.24, 2.45) is 0 Å². The van der Waals surface area contributed by atoms with E-state index in [1.165, 1.54) is 30.6 Å². The lowest BCUT2D eigenvalue weighted by Gasteiger charge is -2.05. The van der Waals surface area contributed by atoms with Crippen LogP contribution in [0.25, 0.3) is 10.2 Å². The molecule has 1 N–H and O–H groups in total. The lowest BCUT2D eigenvalue weighted by molar-refractivity contribution is -0.597. The van der Waals surface area contributed by atoms with Crippen LogP contribution in [0.15, 0.2) is 102 Å². The summed E-state index contributed by atoms with van der Waals surface area (Å²) in [7, 11) is -4.27. The Morgan fingerprint density at radius 2 is 1.68 bits per heavy atom. The molecular weight excluding hydrogens is 675 g/mol. The van der Waals surface area contributed by atoms with Gasteiger partial charge in [0, 0.05) is 18.2 Å². The summed E-state index contributed by atoms with van der Waals surface area (Å²) in [5.41, 5.74) is 2.39. The second-order valence-corrected chi connectivity index (χ2v) is 14.0. The Kier molecular flexibility index (Phi) is 10.8. The summed E-state index contributed by atoms with van der Waals surface area (Å²) in [6.07, 6.45) is 0. The number of rotatable bonds is 9. The first-order valence-corrected chi connectivity index (χ1v) is 16.8. The highest BCUT2D eigenvalue weighted by Gasteiger charge is 2.18. The van der Waals surface area contributed by atoms with Gasteiger partial charge in [-0.2, -0.15) is 0 Å². The third-order valence-electron chi connectivity index (χ3n) is 5.44. The van der Waals surface area contributed by atoms with Crippen molar-refractivity contribution < 1.29 is 48.4 Å². The van der Waals surface area contributed by atoms with Crippen molar-refractivity contribution >= 4 is 42.7 Å². The third-order valence-corrected chi connectivity index (χ3v) is 9.86. The minimum atomic E-state index is -4.27. The molecule has 1 heterocycles. The number of anilines is 1. The van der Waals surface area contributed by atoms with Crippen LogP contribution in [0.4, 0.5) is 5.13 Å². The first-order valence-electron chi connectivity index (χ1n) is 12.5. The molecule has 0 saturated heterocycles. The average Bonchev–Trinajstić information content (AvgIpc) is 3.35. The molecule has 0 saturated carbocycles. The van der Waals surface area contributed by atoms with Gasteiger partial charge >= 0.3 is 21.2 Å². The van der Waals surface area contributed by atoms with E-state index in [4.69, 9.17) is 9.47 Å². The van der Waals surface area contributed by atoms with Crippen LogP contribution in [0.1, 0.15) is 22.8 Å². The van der Waals surface area contributed by atoms with E-state index in [0.717, 1.165) is 21.5 Å². The number of nitrogens with one attached hydrogen (secondary N) is 1. The number of aryl methyl sites for hydroxylation is 1. The minimum absolute atomic E-state index is 0.152. The number of nitrogens with zero attached hydrogens (tertiary/aromatic N) is 1. The summed E-state index contributed by atoms with van der Waals surface area (Å²) >= 11 is 1.10. The van der Waals surface area contributed by atoms with Gasteiger partial charge in [0.25, 0.3) is 5.91 Å². The number of halogens is 1. The number of carbonyl (C=O) groups excluding carboxylic acids is 1. The number of hydrogen-bond donors (Lipinski definition) is 1. The Morgan fingerprint density at radius 3 is 2.39 bits per heavy atom. The van der Waals surface area contributed by atoms with Crippen LogP contribution in [-0.4, -0.2) is 37.3 Å². The van der Waals surface area contributed by atoms with Gasteiger partial charge < -0.3 is 14.0 Å². The average molecular weight is 703 g/mol. The van der Waals surface area contributed by atoms with Crippen molar-refractivity contribution in [3.63, 3.8) is 0 Å². The van der Waals surface area contributed by atoms with Gasteiger partial charge in [-0.3, -0.25) is 10.1 Å². The van der Waals surface area contributed by atoms with Gasteiger partial charge in [-0.1, -0.05) is 53.3 Å². The van der Waals surface area contributed by atoms with Gasteiger partial charge in [0.15, 0.2) is 19.1 Å². The van der Waals surface area contributed by atoms with Crippen molar-refractivity contribution in [3.05, 3.63) is 115 Å². The molecule has 5 rings (SSSR count). The summed E-state index contributed by atoms with van der Waals surface area (Å²) < 4.78 is 45.4. The maximum absolute atomic E-state index is 12.8. The summed E-state index contributed by atoms with van der Waals surface area (Å²) in [5, 5.41) is 3.50. The SMILES string of the molecule is CCOCOc1ccc2nc(NC(=O)c3cccc([I+]c4ccccc4)c3)sc2c1.Cc1ccc(S(=O)(=O)[O-])cc1. The van der Waals surface area contributed by atoms with Crippen LogP contribution in [0, 0.1) is 14.1 Å². The maximum Gasteiger partial charge on any atom is 0.357 e. The largest absolute Gasteiger partial charge is 0.744 e. The predicted octanol–water partition coefficient (Wildman–Crippen LogP) is 2.95. The topological polar surface area (TPSA) is 118 Å². The molecule has 0 aliphatic rings. The zero-order valence-corrected chi connectivity index (χ0v) is 26.0. The molecule has 0 unspecified atom stereocenters. The number of aromatic nitrogens is 1. The van der Waals surface area contributed by atoms with Crippen LogP contribution >= 0.6 is 11.3 Å². The molecule has 0 aliphatic heterocycles. The van der Waals surface area contributed by atoms with Gasteiger partial charge in [0.2, 0.25) is 0 Å². The second kappa shape index (κ2) is 14.5. The van der Waals surface area contributed by atoms with Crippen molar-refractivity contribution in [3.8, 4) is 5.75 Å². The first kappa shape index (κ1) is 30.6. The van der Waals surface area contributed by atoms with Gasteiger partial charge in [-0.15, -0.1) is 0 Å². The van der Waals surface area contributed by atoms with Crippen LogP contribution in [0.2, 0.25) is 0 Å². The molecule has 0 spiro atoms. The summed E-state index contributed by atoms with van der Waals surface area (Å²) in [6, 6.07) is 29.6. The first-order chi connectivity index (χ1) is 19.7. The molecule has 0 fully saturated rings. The predicted molar refractivity (Wildman–Crippen MR) is 154 cm³/mol. The molecule has 8 nitrogen and oxygen atoms in total. The molecule has 41 heavy (non-hydrogen) atoms. The normalized spacial score (nSPS) is 11.0. The van der Waals surface area contributed by atoms with Crippen molar-refractivity contribution in [2.75, 3.05) is 18.7 Å². The van der Waals surface area contributed by atoms with E-state index in [1.807, 2.05) is 68.4 Å². The summed E-state index contributed by atoms with van der Waals surface area (Å²) in [5.74, 6) is 0.566. The second-order valence-electron chi connectivity index (χ2n) is 8.53. The number of thiazole rings is 1. The van der Waals surface area contributed by atoms with E-state index < -0.39 is 10.1 Å². The Labute approximate surface area is 253 Å². The highest BCUT2D eigenvalue weighted by Crippen LogP contribution is 2.29. The van der Waals surface area contributed by atoms with Crippen LogP contribution in [0.5, 0.6) is 5.75 Å². The standard InChI is InChI=1S/C23H19IN2O3S.C7H8O3S/c1-2-28-15-29-19-11-12-20-21(14-19)30-23(25-20)26-22(27)16-7-6-10-18(13-16)24-17-8-4-3-5-9-17;1-6-2-4-7(5-3-6)11(8,9)10/h3-14H,2,15H2,1H3;2-5H,1H3,(H,8,9,10). The number of carbonyl (C=O) groups is 1. The fourth-order valence-electron chi connectivity index (χ4n) is 3.41. The number of amides is 1. The minimum Gasteiger partial charge on any atom is -0.744 e. The number of fused-ring (bicyclic) bond motifs is 1. The van der Waals surface area contributed by atoms with E-state index in [0.29, 0.717) is 17.3 Å². The smallest absolute Gasteiger partial charge is 0.357 e. The maximum atomic E-state index is 12.8. The van der Waals surface area contributed by atoms with Crippen LogP contribution in [0.3, 0.4) is 0 Å². The molecule has 0 bridgehead atoms. The number of benzene rings is 4. The molecule has 11 heteroatoms. The fourth-order valence-corrected chi connectivity index (χ4v) is 7.14. The van der Waals surface area contributed by atoms with E-state index in [9.17, 15) is 17.8 Å². The van der Waals surface area contributed by atoms with Crippen molar-refractivity contribution in [1.82, 2.24) is 4.98 Å². The third kappa shape index (κ3) is 9.33. The highest BCUT2D eigenvalue weighted by atomic mass is 127. The molecule has 0 radical (unpaired) electrons. The van der Waals surface area contributed by atoms with Gasteiger partial charge in [-0.05, 0) is 68.4 Å². The van der Waals surface area contributed by atoms with Crippen LogP contribution in [-0.2, 0) is 14.9 Å². The molecule has 0 atom stereocenters. The molecular formula is C30H27IN2O6S2. The lowest BCUT2D eigenvalue weighted by Crippen LogP contribution is -3.61. The Hall–Kier alpha value is -3.36. The zero-order valence-electron chi connectivity index (χ0n) is 22.2. The molecule has 212 valence electrons. The molecule has 5 aromatic rings. The molecule has 4 aromatic carbocycles. The Bertz CT molecular complexity index is 1710. The monoisotopic (exact) mass is 702 g/mol.